The molecule has 1 heterocycles. The lowest BCUT2D eigenvalue weighted by molar-refractivity contribution is 0.623. The smallest absolute Gasteiger partial charge is 0.123 e. The lowest BCUT2D eigenvalue weighted by Gasteiger charge is -2.07. The van der Waals surface area contributed by atoms with E-state index in [0.717, 1.165) is 16.5 Å². The van der Waals surface area contributed by atoms with E-state index in [0.29, 0.717) is 24.2 Å². The van der Waals surface area contributed by atoms with Crippen LogP contribution in [0.4, 0.5) is 4.39 Å². The van der Waals surface area contributed by atoms with Crippen molar-refractivity contribution in [2.75, 3.05) is 0 Å². The average molecular weight is 279 g/mol. The summed E-state index contributed by atoms with van der Waals surface area (Å²) in [5.74, 6) is -0.334. The van der Waals surface area contributed by atoms with Crippen LogP contribution in [-0.2, 0) is 13.1 Å². The van der Waals surface area contributed by atoms with E-state index in [1.165, 1.54) is 18.2 Å². The molecule has 3 nitrogen and oxygen atoms in total. The minimum Gasteiger partial charge on any atom is -0.343 e. The van der Waals surface area contributed by atoms with E-state index in [4.69, 9.17) is 11.0 Å². The van der Waals surface area contributed by atoms with Crippen molar-refractivity contribution in [3.63, 3.8) is 0 Å². The number of benzene rings is 2. The number of rotatable bonds is 3. The van der Waals surface area contributed by atoms with Crippen LogP contribution in [0, 0.1) is 17.1 Å². The van der Waals surface area contributed by atoms with Crippen molar-refractivity contribution in [3.8, 4) is 6.07 Å². The molecule has 1 aromatic heterocycles. The Bertz CT molecular complexity index is 843. The van der Waals surface area contributed by atoms with Gasteiger partial charge in [0.05, 0.1) is 11.6 Å². The standard InChI is InChI=1S/C17H14FN3/c18-15-6-5-12(8-19)13(7-15)10-21-11-14(9-20)16-3-1-2-4-17(16)21/h1-7,11H,9-10,20H2. The first-order valence-electron chi connectivity index (χ1n) is 6.68. The SMILES string of the molecule is N#Cc1ccc(F)cc1Cn1cc(CN)c2ccccc21. The van der Waals surface area contributed by atoms with E-state index in [1.54, 1.807) is 0 Å². The molecule has 0 amide bonds. The Morgan fingerprint density at radius 3 is 2.71 bits per heavy atom. The molecule has 3 aromatic rings. The minimum atomic E-state index is -0.334. The van der Waals surface area contributed by atoms with E-state index in [2.05, 4.69) is 6.07 Å². The maximum absolute atomic E-state index is 13.4. The molecule has 2 N–H and O–H groups in total. The van der Waals surface area contributed by atoms with E-state index in [9.17, 15) is 4.39 Å². The summed E-state index contributed by atoms with van der Waals surface area (Å²) in [6.45, 7) is 0.892. The highest BCUT2D eigenvalue weighted by molar-refractivity contribution is 5.84. The Balaban J connectivity index is 2.11. The molecule has 104 valence electrons. The zero-order chi connectivity index (χ0) is 14.8. The van der Waals surface area contributed by atoms with E-state index in [1.807, 2.05) is 35.0 Å². The van der Waals surface area contributed by atoms with Gasteiger partial charge >= 0.3 is 0 Å². The monoisotopic (exact) mass is 279 g/mol. The van der Waals surface area contributed by atoms with Crippen molar-refractivity contribution >= 4 is 10.9 Å². The van der Waals surface area contributed by atoms with Gasteiger partial charge in [-0.25, -0.2) is 4.39 Å². The molecule has 21 heavy (non-hydrogen) atoms. The normalized spacial score (nSPS) is 10.7. The Kier molecular flexibility index (Phi) is 3.43. The third-order valence-corrected chi connectivity index (χ3v) is 3.62. The van der Waals surface area contributed by atoms with Crippen LogP contribution in [0.1, 0.15) is 16.7 Å². The number of halogens is 1. The van der Waals surface area contributed by atoms with Crippen LogP contribution >= 0.6 is 0 Å². The van der Waals surface area contributed by atoms with Gasteiger partial charge in [-0.1, -0.05) is 18.2 Å². The third-order valence-electron chi connectivity index (χ3n) is 3.62. The number of nitrogens with zero attached hydrogens (tertiary/aromatic N) is 2. The van der Waals surface area contributed by atoms with Gasteiger partial charge in [0, 0.05) is 30.2 Å². The van der Waals surface area contributed by atoms with Gasteiger partial charge in [-0.3, -0.25) is 0 Å². The molecule has 0 saturated carbocycles. The summed E-state index contributed by atoms with van der Waals surface area (Å²) in [4.78, 5) is 0. The van der Waals surface area contributed by atoms with Crippen molar-refractivity contribution < 1.29 is 4.39 Å². The van der Waals surface area contributed by atoms with E-state index in [-0.39, 0.29) is 5.82 Å². The first-order valence-corrected chi connectivity index (χ1v) is 6.68. The van der Waals surface area contributed by atoms with Crippen LogP contribution in [-0.4, -0.2) is 4.57 Å². The second kappa shape index (κ2) is 5.39. The number of nitrogens with two attached hydrogens (primary N) is 1. The molecule has 0 aliphatic heterocycles. The molecule has 3 rings (SSSR count). The summed E-state index contributed by atoms with van der Waals surface area (Å²) in [6, 6.07) is 14.3. The van der Waals surface area contributed by atoms with Crippen molar-refractivity contribution in [2.45, 2.75) is 13.1 Å². The topological polar surface area (TPSA) is 54.7 Å². The second-order valence-corrected chi connectivity index (χ2v) is 4.92. The molecule has 0 radical (unpaired) electrons. The highest BCUT2D eigenvalue weighted by Crippen LogP contribution is 2.23. The summed E-state index contributed by atoms with van der Waals surface area (Å²) in [5, 5.41) is 10.2. The van der Waals surface area contributed by atoms with Gasteiger partial charge in [-0.15, -0.1) is 0 Å². The van der Waals surface area contributed by atoms with Crippen molar-refractivity contribution in [3.05, 3.63) is 71.2 Å². The van der Waals surface area contributed by atoms with Gasteiger partial charge in [0.1, 0.15) is 5.82 Å². The van der Waals surface area contributed by atoms with Crippen LogP contribution in [0.5, 0.6) is 0 Å². The van der Waals surface area contributed by atoms with Crippen LogP contribution < -0.4 is 5.73 Å². The molecule has 0 unspecified atom stereocenters. The fourth-order valence-corrected chi connectivity index (χ4v) is 2.60. The van der Waals surface area contributed by atoms with E-state index >= 15 is 0 Å². The second-order valence-electron chi connectivity index (χ2n) is 4.92. The molecular formula is C17H14FN3. The van der Waals surface area contributed by atoms with Gasteiger partial charge in [0.15, 0.2) is 0 Å². The van der Waals surface area contributed by atoms with Crippen molar-refractivity contribution in [1.29, 1.82) is 5.26 Å². The van der Waals surface area contributed by atoms with E-state index < -0.39 is 0 Å². The summed E-state index contributed by atoms with van der Waals surface area (Å²) in [6.07, 6.45) is 1.97. The average Bonchev–Trinajstić information content (AvgIpc) is 2.86. The molecule has 0 spiro atoms. The predicted molar refractivity (Wildman–Crippen MR) is 80.0 cm³/mol. The van der Waals surface area contributed by atoms with Crippen molar-refractivity contribution in [2.24, 2.45) is 5.73 Å². The molecule has 0 saturated heterocycles. The molecule has 0 fully saturated rings. The van der Waals surface area contributed by atoms with Crippen LogP contribution in [0.15, 0.2) is 48.7 Å². The molecular weight excluding hydrogens is 265 g/mol. The number of fused-ring (bicyclic) bond motifs is 1. The van der Waals surface area contributed by atoms with Crippen LogP contribution in [0.2, 0.25) is 0 Å². The van der Waals surface area contributed by atoms with Gasteiger partial charge in [0.25, 0.3) is 0 Å². The first kappa shape index (κ1) is 13.3. The van der Waals surface area contributed by atoms with Gasteiger partial charge in [-0.05, 0) is 35.4 Å². The molecule has 0 aliphatic carbocycles. The highest BCUT2D eigenvalue weighted by atomic mass is 19.1. The molecule has 0 bridgehead atoms. The quantitative estimate of drug-likeness (QED) is 0.800. The maximum atomic E-state index is 13.4. The molecule has 0 atom stereocenters. The molecule has 4 heteroatoms. The zero-order valence-electron chi connectivity index (χ0n) is 11.4. The fraction of sp³-hybridized carbons (Fsp3) is 0.118. The number of para-hydroxylation sites is 1. The lowest BCUT2D eigenvalue weighted by Crippen LogP contribution is -2.01. The summed E-state index contributed by atoms with van der Waals surface area (Å²) in [7, 11) is 0. The molecule has 2 aromatic carbocycles. The lowest BCUT2D eigenvalue weighted by atomic mass is 10.1. The number of aromatic nitrogens is 1. The van der Waals surface area contributed by atoms with Crippen LogP contribution in [0.25, 0.3) is 10.9 Å². The number of hydrogen-bond acceptors (Lipinski definition) is 2. The Morgan fingerprint density at radius 2 is 1.95 bits per heavy atom. The van der Waals surface area contributed by atoms with Gasteiger partial charge in [-0.2, -0.15) is 5.26 Å². The van der Waals surface area contributed by atoms with Crippen LogP contribution in [0.3, 0.4) is 0 Å². The fourth-order valence-electron chi connectivity index (χ4n) is 2.60. The number of nitriles is 1. The number of hydrogen-bond donors (Lipinski definition) is 1. The first-order chi connectivity index (χ1) is 10.2. The van der Waals surface area contributed by atoms with Gasteiger partial charge in [0.2, 0.25) is 0 Å². The minimum absolute atomic E-state index is 0.334. The summed E-state index contributed by atoms with van der Waals surface area (Å²) in [5.41, 5.74) is 9.01. The Morgan fingerprint density at radius 1 is 1.14 bits per heavy atom. The third kappa shape index (κ3) is 2.39. The van der Waals surface area contributed by atoms with Gasteiger partial charge < -0.3 is 10.3 Å². The highest BCUT2D eigenvalue weighted by Gasteiger charge is 2.10. The summed E-state index contributed by atoms with van der Waals surface area (Å²) >= 11 is 0. The maximum Gasteiger partial charge on any atom is 0.123 e. The molecule has 0 aliphatic rings. The summed E-state index contributed by atoms with van der Waals surface area (Å²) < 4.78 is 15.4. The largest absolute Gasteiger partial charge is 0.343 e. The Labute approximate surface area is 122 Å². The Hall–Kier alpha value is -2.64. The predicted octanol–water partition coefficient (Wildman–Crippen LogP) is 3.16. The zero-order valence-corrected chi connectivity index (χ0v) is 11.4. The van der Waals surface area contributed by atoms with Crippen molar-refractivity contribution in [1.82, 2.24) is 4.57 Å².